The zero-order chi connectivity index (χ0) is 24.1. The van der Waals surface area contributed by atoms with Gasteiger partial charge in [-0.25, -0.2) is 4.98 Å². The molecule has 2 aromatic carbocycles. The lowest BCUT2D eigenvalue weighted by molar-refractivity contribution is -0.137. The molecule has 1 aromatic heterocycles. The predicted octanol–water partition coefficient (Wildman–Crippen LogP) is 4.61. The van der Waals surface area contributed by atoms with Gasteiger partial charge in [0.25, 0.3) is 0 Å². The first-order valence-corrected chi connectivity index (χ1v) is 10.9. The lowest BCUT2D eigenvalue weighted by Gasteiger charge is -2.39. The molecule has 1 atom stereocenters. The number of hydrogen-bond acceptors (Lipinski definition) is 5. The van der Waals surface area contributed by atoms with E-state index in [2.05, 4.69) is 15.2 Å². The molecule has 0 saturated carbocycles. The third-order valence-corrected chi connectivity index (χ3v) is 5.80. The number of benzene rings is 2. The SMILES string of the molecule is COc1ccc(NC(=O)C(c2ccccc2)N2CCN(c3ccc(C(F)(F)F)cn3)CC2)cc1. The number of anilines is 2. The lowest BCUT2D eigenvalue weighted by Crippen LogP contribution is -2.50. The van der Waals surface area contributed by atoms with Gasteiger partial charge < -0.3 is 15.0 Å². The van der Waals surface area contributed by atoms with Crippen LogP contribution in [0.15, 0.2) is 72.9 Å². The van der Waals surface area contributed by atoms with Crippen molar-refractivity contribution in [1.82, 2.24) is 9.88 Å². The minimum atomic E-state index is -4.41. The van der Waals surface area contributed by atoms with Gasteiger partial charge in [-0.1, -0.05) is 30.3 Å². The molecule has 1 aliphatic rings. The Morgan fingerprint density at radius 2 is 1.65 bits per heavy atom. The van der Waals surface area contributed by atoms with Gasteiger partial charge >= 0.3 is 6.18 Å². The number of rotatable bonds is 6. The summed E-state index contributed by atoms with van der Waals surface area (Å²) in [5.74, 6) is 1.04. The summed E-state index contributed by atoms with van der Waals surface area (Å²) in [5, 5.41) is 2.98. The second-order valence-electron chi connectivity index (χ2n) is 7.96. The number of ether oxygens (including phenoxy) is 1. The Kier molecular flexibility index (Phi) is 7.02. The first-order chi connectivity index (χ1) is 16.3. The Bertz CT molecular complexity index is 1080. The van der Waals surface area contributed by atoms with Crippen LogP contribution in [-0.4, -0.2) is 49.1 Å². The van der Waals surface area contributed by atoms with Crippen LogP contribution in [-0.2, 0) is 11.0 Å². The molecule has 9 heteroatoms. The molecular weight excluding hydrogens is 445 g/mol. The molecule has 34 heavy (non-hydrogen) atoms. The molecule has 6 nitrogen and oxygen atoms in total. The van der Waals surface area contributed by atoms with Gasteiger partial charge in [0.05, 0.1) is 12.7 Å². The van der Waals surface area contributed by atoms with Crippen LogP contribution in [0.25, 0.3) is 0 Å². The van der Waals surface area contributed by atoms with Crippen LogP contribution in [0.3, 0.4) is 0 Å². The zero-order valence-corrected chi connectivity index (χ0v) is 18.6. The smallest absolute Gasteiger partial charge is 0.417 e. The van der Waals surface area contributed by atoms with Crippen molar-refractivity contribution in [3.63, 3.8) is 0 Å². The molecule has 1 aliphatic heterocycles. The van der Waals surface area contributed by atoms with E-state index < -0.39 is 17.8 Å². The summed E-state index contributed by atoms with van der Waals surface area (Å²) in [6.45, 7) is 2.19. The summed E-state index contributed by atoms with van der Waals surface area (Å²) in [5.41, 5.74) is 0.767. The largest absolute Gasteiger partial charge is 0.497 e. The van der Waals surface area contributed by atoms with Gasteiger partial charge in [-0.3, -0.25) is 9.69 Å². The van der Waals surface area contributed by atoms with Crippen molar-refractivity contribution in [2.75, 3.05) is 43.5 Å². The molecule has 0 spiro atoms. The van der Waals surface area contributed by atoms with Gasteiger partial charge in [0.2, 0.25) is 5.91 Å². The van der Waals surface area contributed by atoms with Crippen molar-refractivity contribution in [3.05, 3.63) is 84.1 Å². The van der Waals surface area contributed by atoms with Crippen LogP contribution >= 0.6 is 0 Å². The van der Waals surface area contributed by atoms with Crippen LogP contribution in [0.2, 0.25) is 0 Å². The van der Waals surface area contributed by atoms with Gasteiger partial charge in [0, 0.05) is 38.1 Å². The highest BCUT2D eigenvalue weighted by Gasteiger charge is 2.33. The first-order valence-electron chi connectivity index (χ1n) is 10.9. The van der Waals surface area contributed by atoms with Crippen molar-refractivity contribution < 1.29 is 22.7 Å². The number of nitrogens with one attached hydrogen (secondary N) is 1. The van der Waals surface area contributed by atoms with E-state index in [1.54, 1.807) is 31.4 Å². The fourth-order valence-electron chi connectivity index (χ4n) is 4.00. The van der Waals surface area contributed by atoms with Gasteiger partial charge in [-0.2, -0.15) is 13.2 Å². The van der Waals surface area contributed by atoms with Gasteiger partial charge in [-0.15, -0.1) is 0 Å². The molecule has 1 N–H and O–H groups in total. The van der Waals surface area contributed by atoms with Crippen LogP contribution in [0.4, 0.5) is 24.7 Å². The Morgan fingerprint density at radius 3 is 2.21 bits per heavy atom. The third kappa shape index (κ3) is 5.48. The number of alkyl halides is 3. The number of nitrogens with zero attached hydrogens (tertiary/aromatic N) is 3. The molecule has 2 heterocycles. The third-order valence-electron chi connectivity index (χ3n) is 5.80. The Hall–Kier alpha value is -3.59. The van der Waals surface area contributed by atoms with Crippen LogP contribution in [0.1, 0.15) is 17.2 Å². The average Bonchev–Trinajstić information content (AvgIpc) is 2.85. The summed E-state index contributed by atoms with van der Waals surface area (Å²) in [6.07, 6.45) is -3.55. The van der Waals surface area contributed by atoms with E-state index in [4.69, 9.17) is 4.74 Å². The van der Waals surface area contributed by atoms with Gasteiger partial charge in [0.15, 0.2) is 0 Å². The second kappa shape index (κ2) is 10.1. The van der Waals surface area contributed by atoms with Gasteiger partial charge in [-0.05, 0) is 42.0 Å². The number of pyridine rings is 1. The summed E-state index contributed by atoms with van der Waals surface area (Å²) in [4.78, 5) is 21.3. The number of methoxy groups -OCH3 is 1. The predicted molar refractivity (Wildman–Crippen MR) is 124 cm³/mol. The molecule has 1 fully saturated rings. The number of carbonyl (C=O) groups excluding carboxylic acids is 1. The van der Waals surface area contributed by atoms with Crippen LogP contribution in [0.5, 0.6) is 5.75 Å². The van der Waals surface area contributed by atoms with Crippen molar-refractivity contribution in [2.24, 2.45) is 0 Å². The Labute approximate surface area is 196 Å². The summed E-state index contributed by atoms with van der Waals surface area (Å²) >= 11 is 0. The topological polar surface area (TPSA) is 57.7 Å². The van der Waals surface area contributed by atoms with E-state index in [1.165, 1.54) is 6.07 Å². The molecule has 0 bridgehead atoms. The van der Waals surface area contributed by atoms with Crippen LogP contribution in [0, 0.1) is 0 Å². The van der Waals surface area contributed by atoms with Crippen molar-refractivity contribution in [2.45, 2.75) is 12.2 Å². The number of amides is 1. The van der Waals surface area contributed by atoms with Crippen molar-refractivity contribution >= 4 is 17.4 Å². The minimum absolute atomic E-state index is 0.155. The molecule has 1 saturated heterocycles. The number of hydrogen-bond donors (Lipinski definition) is 1. The number of carbonyl (C=O) groups is 1. The van der Waals surface area contributed by atoms with Crippen molar-refractivity contribution in [3.8, 4) is 5.75 Å². The molecule has 4 rings (SSSR count). The maximum atomic E-state index is 13.3. The zero-order valence-electron chi connectivity index (χ0n) is 18.6. The summed E-state index contributed by atoms with van der Waals surface area (Å²) < 4.78 is 43.7. The molecule has 1 amide bonds. The fourth-order valence-corrected chi connectivity index (χ4v) is 4.00. The molecule has 178 valence electrons. The molecule has 0 radical (unpaired) electrons. The van der Waals surface area contributed by atoms with E-state index in [-0.39, 0.29) is 5.91 Å². The maximum Gasteiger partial charge on any atom is 0.417 e. The average molecular weight is 470 g/mol. The van der Waals surface area contributed by atoms with E-state index in [0.717, 1.165) is 17.8 Å². The van der Waals surface area contributed by atoms with Crippen molar-refractivity contribution in [1.29, 1.82) is 0 Å². The van der Waals surface area contributed by atoms with E-state index in [0.29, 0.717) is 43.4 Å². The van der Waals surface area contributed by atoms with E-state index in [9.17, 15) is 18.0 Å². The fraction of sp³-hybridized carbons (Fsp3) is 0.280. The maximum absolute atomic E-state index is 13.3. The monoisotopic (exact) mass is 470 g/mol. The quantitative estimate of drug-likeness (QED) is 0.570. The first kappa shape index (κ1) is 23.6. The molecule has 3 aromatic rings. The number of aromatic nitrogens is 1. The lowest BCUT2D eigenvalue weighted by atomic mass is 10.0. The Morgan fingerprint density at radius 1 is 0.971 bits per heavy atom. The highest BCUT2D eigenvalue weighted by atomic mass is 19.4. The van der Waals surface area contributed by atoms with Gasteiger partial charge in [0.1, 0.15) is 17.6 Å². The number of halogens is 3. The standard InChI is InChI=1S/C25H25F3N4O2/c1-34-21-10-8-20(9-11-21)30-24(33)23(18-5-3-2-4-6-18)32-15-13-31(14-16-32)22-12-7-19(17-29-22)25(26,27)28/h2-12,17,23H,13-16H2,1H3,(H,30,33). The summed E-state index contributed by atoms with van der Waals surface area (Å²) in [6, 6.07) is 18.6. The second-order valence-corrected chi connectivity index (χ2v) is 7.96. The normalized spacial score (nSPS) is 15.6. The molecule has 1 unspecified atom stereocenters. The number of piperazine rings is 1. The minimum Gasteiger partial charge on any atom is -0.497 e. The molecule has 0 aliphatic carbocycles. The van der Waals surface area contributed by atoms with E-state index >= 15 is 0 Å². The van der Waals surface area contributed by atoms with E-state index in [1.807, 2.05) is 35.2 Å². The highest BCUT2D eigenvalue weighted by Crippen LogP contribution is 2.30. The molecular formula is C25H25F3N4O2. The Balaban J connectivity index is 1.47. The highest BCUT2D eigenvalue weighted by molar-refractivity contribution is 5.95. The summed E-state index contributed by atoms with van der Waals surface area (Å²) in [7, 11) is 1.58. The van der Waals surface area contributed by atoms with Crippen LogP contribution < -0.4 is 15.0 Å².